The maximum atomic E-state index is 11.4. The maximum Gasteiger partial charge on any atom is 0.314 e. The average Bonchev–Trinajstić information content (AvgIpc) is 2.98. The van der Waals surface area contributed by atoms with Gasteiger partial charge in [-0.25, -0.2) is 0 Å². The van der Waals surface area contributed by atoms with E-state index in [0.29, 0.717) is 17.5 Å². The minimum absolute atomic E-state index is 0.0526. The van der Waals surface area contributed by atoms with Crippen molar-refractivity contribution >= 4 is 11.8 Å². The monoisotopic (exact) mass is 326 g/mol. The van der Waals surface area contributed by atoms with Gasteiger partial charge >= 0.3 is 5.97 Å². The molecule has 1 saturated heterocycles. The molecule has 1 N–H and O–H groups in total. The van der Waals surface area contributed by atoms with Crippen LogP contribution in [0.1, 0.15) is 38.4 Å². The van der Waals surface area contributed by atoms with E-state index >= 15 is 0 Å². The summed E-state index contributed by atoms with van der Waals surface area (Å²) in [5.74, 6) is -0.129. The number of carboxylic acid groups (broad SMARTS) is 1. The number of hydrogen-bond donors (Lipinski definition) is 1. The molecule has 1 atom stereocenters. The number of aromatic nitrogens is 1. The molecule has 1 aromatic heterocycles. The average molecular weight is 326 g/mol. The molecule has 1 aliphatic heterocycles. The molecule has 0 aliphatic carbocycles. The Kier molecular flexibility index (Phi) is 6.01. The van der Waals surface area contributed by atoms with Gasteiger partial charge in [0.1, 0.15) is 5.92 Å². The standard InChI is InChI=1S/C16H26N2O5/c1-10(2)14(15(19)20)12-9-13(17-23-12)18-7-5-11(6-8-18)16(21-3)22-4/h9-11,14,16H,5-8H2,1-4H3,(H,19,20). The third-order valence-electron chi connectivity index (χ3n) is 4.47. The van der Waals surface area contributed by atoms with Gasteiger partial charge in [0.05, 0.1) is 0 Å². The number of carbonyl (C=O) groups is 1. The van der Waals surface area contributed by atoms with Crippen molar-refractivity contribution in [3.63, 3.8) is 0 Å². The van der Waals surface area contributed by atoms with Crippen LogP contribution < -0.4 is 4.90 Å². The van der Waals surface area contributed by atoms with E-state index in [2.05, 4.69) is 10.1 Å². The fourth-order valence-electron chi connectivity index (χ4n) is 3.19. The Balaban J connectivity index is 2.01. The van der Waals surface area contributed by atoms with Gasteiger partial charge in [-0.05, 0) is 18.8 Å². The smallest absolute Gasteiger partial charge is 0.314 e. The molecule has 7 heteroatoms. The molecule has 2 heterocycles. The zero-order chi connectivity index (χ0) is 17.0. The number of aliphatic carboxylic acids is 1. The number of carboxylic acids is 1. The van der Waals surface area contributed by atoms with Gasteiger partial charge in [0.25, 0.3) is 0 Å². The minimum atomic E-state index is -0.885. The number of anilines is 1. The second kappa shape index (κ2) is 7.79. The summed E-state index contributed by atoms with van der Waals surface area (Å²) in [5.41, 5.74) is 0. The Morgan fingerprint density at radius 3 is 2.43 bits per heavy atom. The molecule has 0 amide bonds. The molecule has 1 aromatic rings. The lowest BCUT2D eigenvalue weighted by molar-refractivity contribution is -0.141. The van der Waals surface area contributed by atoms with E-state index < -0.39 is 11.9 Å². The second-order valence-electron chi connectivity index (χ2n) is 6.31. The number of nitrogens with zero attached hydrogens (tertiary/aromatic N) is 2. The Labute approximate surface area is 136 Å². The number of ether oxygens (including phenoxy) is 2. The van der Waals surface area contributed by atoms with Gasteiger partial charge in [0.15, 0.2) is 17.9 Å². The second-order valence-corrected chi connectivity index (χ2v) is 6.31. The number of piperidine rings is 1. The minimum Gasteiger partial charge on any atom is -0.481 e. The highest BCUT2D eigenvalue weighted by Gasteiger charge is 2.31. The number of hydrogen-bond acceptors (Lipinski definition) is 6. The number of rotatable bonds is 7. The lowest BCUT2D eigenvalue weighted by Gasteiger charge is -2.34. The Morgan fingerprint density at radius 2 is 1.96 bits per heavy atom. The van der Waals surface area contributed by atoms with Crippen molar-refractivity contribution in [3.8, 4) is 0 Å². The van der Waals surface area contributed by atoms with E-state index in [-0.39, 0.29) is 12.2 Å². The first-order valence-corrected chi connectivity index (χ1v) is 7.97. The normalized spacial score (nSPS) is 17.9. The van der Waals surface area contributed by atoms with Gasteiger partial charge in [-0.2, -0.15) is 0 Å². The Bertz CT molecular complexity index is 504. The van der Waals surface area contributed by atoms with E-state index in [4.69, 9.17) is 14.0 Å². The van der Waals surface area contributed by atoms with Crippen molar-refractivity contribution in [2.75, 3.05) is 32.2 Å². The molecule has 2 rings (SSSR count). The van der Waals surface area contributed by atoms with Crippen molar-refractivity contribution in [1.29, 1.82) is 0 Å². The lowest BCUT2D eigenvalue weighted by atomic mass is 9.93. The maximum absolute atomic E-state index is 11.4. The first kappa shape index (κ1) is 17.7. The third-order valence-corrected chi connectivity index (χ3v) is 4.47. The molecule has 7 nitrogen and oxygen atoms in total. The van der Waals surface area contributed by atoms with E-state index in [0.717, 1.165) is 25.9 Å². The van der Waals surface area contributed by atoms with Gasteiger partial charge in [0, 0.05) is 39.3 Å². The zero-order valence-corrected chi connectivity index (χ0v) is 14.2. The molecule has 0 bridgehead atoms. The van der Waals surface area contributed by atoms with Gasteiger partial charge < -0.3 is 24.0 Å². The van der Waals surface area contributed by atoms with Crippen LogP contribution in [0.5, 0.6) is 0 Å². The predicted octanol–water partition coefficient (Wildman–Crippen LogP) is 2.33. The molecule has 1 unspecified atom stereocenters. The Morgan fingerprint density at radius 1 is 1.35 bits per heavy atom. The summed E-state index contributed by atoms with van der Waals surface area (Å²) in [6.45, 7) is 5.36. The van der Waals surface area contributed by atoms with Crippen LogP contribution in [-0.4, -0.2) is 49.8 Å². The van der Waals surface area contributed by atoms with Gasteiger partial charge in [-0.15, -0.1) is 0 Å². The summed E-state index contributed by atoms with van der Waals surface area (Å²) < 4.78 is 16.0. The summed E-state index contributed by atoms with van der Waals surface area (Å²) >= 11 is 0. The van der Waals surface area contributed by atoms with E-state index in [1.54, 1.807) is 20.3 Å². The number of methoxy groups -OCH3 is 2. The molecule has 0 aromatic carbocycles. The van der Waals surface area contributed by atoms with Crippen LogP contribution in [0.2, 0.25) is 0 Å². The molecule has 1 fully saturated rings. The highest BCUT2D eigenvalue weighted by atomic mass is 16.7. The summed E-state index contributed by atoms with van der Waals surface area (Å²) in [4.78, 5) is 13.5. The largest absolute Gasteiger partial charge is 0.481 e. The molecule has 0 saturated carbocycles. The van der Waals surface area contributed by atoms with Crippen LogP contribution in [-0.2, 0) is 14.3 Å². The van der Waals surface area contributed by atoms with Crippen molar-refractivity contribution in [2.24, 2.45) is 11.8 Å². The zero-order valence-electron chi connectivity index (χ0n) is 14.2. The van der Waals surface area contributed by atoms with Crippen LogP contribution in [0.25, 0.3) is 0 Å². The van der Waals surface area contributed by atoms with Crippen molar-refractivity contribution in [2.45, 2.75) is 38.9 Å². The fourth-order valence-corrected chi connectivity index (χ4v) is 3.19. The predicted molar refractivity (Wildman–Crippen MR) is 84.5 cm³/mol. The molecule has 23 heavy (non-hydrogen) atoms. The summed E-state index contributed by atoms with van der Waals surface area (Å²) in [6.07, 6.45) is 1.68. The first-order valence-electron chi connectivity index (χ1n) is 7.97. The van der Waals surface area contributed by atoms with Gasteiger partial charge in [-0.1, -0.05) is 19.0 Å². The molecule has 130 valence electrons. The molecular weight excluding hydrogens is 300 g/mol. The highest BCUT2D eigenvalue weighted by Crippen LogP contribution is 2.30. The third kappa shape index (κ3) is 4.03. The van der Waals surface area contributed by atoms with Crippen LogP contribution in [0.3, 0.4) is 0 Å². The van der Waals surface area contributed by atoms with Crippen LogP contribution in [0.15, 0.2) is 10.6 Å². The first-order chi connectivity index (χ1) is 11.0. The quantitative estimate of drug-likeness (QED) is 0.770. The van der Waals surface area contributed by atoms with Crippen LogP contribution in [0.4, 0.5) is 5.82 Å². The fraction of sp³-hybridized carbons (Fsp3) is 0.750. The van der Waals surface area contributed by atoms with Crippen molar-refractivity contribution < 1.29 is 23.9 Å². The molecular formula is C16H26N2O5. The molecule has 1 aliphatic rings. The van der Waals surface area contributed by atoms with Gasteiger partial charge in [-0.3, -0.25) is 4.79 Å². The Hall–Kier alpha value is -1.60. The summed E-state index contributed by atoms with van der Waals surface area (Å²) in [7, 11) is 3.31. The van der Waals surface area contributed by atoms with Gasteiger partial charge in [0.2, 0.25) is 0 Å². The molecule has 0 spiro atoms. The lowest BCUT2D eigenvalue weighted by Crippen LogP contribution is -2.39. The van der Waals surface area contributed by atoms with E-state index in [1.807, 2.05) is 13.8 Å². The van der Waals surface area contributed by atoms with E-state index in [9.17, 15) is 9.90 Å². The van der Waals surface area contributed by atoms with Crippen molar-refractivity contribution in [3.05, 3.63) is 11.8 Å². The molecule has 0 radical (unpaired) electrons. The SMILES string of the molecule is COC(OC)C1CCN(c2cc(C(C(=O)O)C(C)C)on2)CC1. The van der Waals surface area contributed by atoms with Crippen LogP contribution >= 0.6 is 0 Å². The summed E-state index contributed by atoms with van der Waals surface area (Å²) in [5, 5.41) is 13.4. The van der Waals surface area contributed by atoms with Crippen LogP contribution in [0, 0.1) is 11.8 Å². The van der Waals surface area contributed by atoms with E-state index in [1.165, 1.54) is 0 Å². The summed E-state index contributed by atoms with van der Waals surface area (Å²) in [6, 6.07) is 1.75. The highest BCUT2D eigenvalue weighted by molar-refractivity contribution is 5.75. The topological polar surface area (TPSA) is 85.0 Å². The van der Waals surface area contributed by atoms with Crippen molar-refractivity contribution in [1.82, 2.24) is 5.16 Å².